The van der Waals surface area contributed by atoms with Gasteiger partial charge in [-0.1, -0.05) is 39.1 Å². The molecule has 33 heavy (non-hydrogen) atoms. The summed E-state index contributed by atoms with van der Waals surface area (Å²) < 4.78 is 67.1. The summed E-state index contributed by atoms with van der Waals surface area (Å²) >= 11 is 0. The molecule has 0 saturated heterocycles. The van der Waals surface area contributed by atoms with E-state index in [2.05, 4.69) is 17.9 Å². The fourth-order valence-electron chi connectivity index (χ4n) is 3.10. The maximum Gasteiger partial charge on any atom is 0.201 e. The fraction of sp³-hybridized carbons (Fsp3) is 0.308. The number of hydrogen-bond acceptors (Lipinski definition) is 3. The molecule has 0 saturated carbocycles. The van der Waals surface area contributed by atoms with Crippen molar-refractivity contribution in [3.63, 3.8) is 0 Å². The van der Waals surface area contributed by atoms with Gasteiger partial charge in [0.05, 0.1) is 13.7 Å². The zero-order chi connectivity index (χ0) is 24.7. The number of hydrogen-bond donors (Lipinski definition) is 1. The van der Waals surface area contributed by atoms with Crippen LogP contribution in [0.1, 0.15) is 26.7 Å². The van der Waals surface area contributed by atoms with Crippen LogP contribution in [0.3, 0.4) is 0 Å². The van der Waals surface area contributed by atoms with Crippen molar-refractivity contribution in [2.45, 2.75) is 26.7 Å². The van der Waals surface area contributed by atoms with Crippen LogP contribution in [0.25, 0.3) is 11.1 Å². The molecule has 0 bridgehead atoms. The third-order valence-corrected chi connectivity index (χ3v) is 5.40. The molecule has 0 heterocycles. The molecule has 0 amide bonds. The first-order chi connectivity index (χ1) is 15.6. The van der Waals surface area contributed by atoms with E-state index < -0.39 is 29.0 Å². The first kappa shape index (κ1) is 26.0. The van der Waals surface area contributed by atoms with Crippen molar-refractivity contribution >= 4 is 0 Å². The Morgan fingerprint density at radius 1 is 0.939 bits per heavy atom. The van der Waals surface area contributed by atoms with E-state index in [1.54, 1.807) is 6.92 Å². The Balaban J connectivity index is 1.95. The van der Waals surface area contributed by atoms with Gasteiger partial charge in [-0.25, -0.2) is 8.78 Å². The predicted octanol–water partition coefficient (Wildman–Crippen LogP) is 7.64. The van der Waals surface area contributed by atoms with E-state index in [4.69, 9.17) is 4.74 Å². The van der Waals surface area contributed by atoms with Gasteiger partial charge in [-0.15, -0.1) is 0 Å². The molecule has 0 aliphatic heterocycles. The molecule has 2 rings (SSSR count). The average Bonchev–Trinajstić information content (AvgIpc) is 2.82. The van der Waals surface area contributed by atoms with Crippen LogP contribution in [-0.4, -0.2) is 18.8 Å². The lowest BCUT2D eigenvalue weighted by molar-refractivity contribution is 0.234. The first-order valence-corrected chi connectivity index (χ1v) is 10.4. The number of ether oxygens (including phenoxy) is 2. The van der Waals surface area contributed by atoms with Gasteiger partial charge in [0.25, 0.3) is 0 Å². The van der Waals surface area contributed by atoms with E-state index in [1.807, 2.05) is 6.92 Å². The van der Waals surface area contributed by atoms with E-state index in [0.717, 1.165) is 0 Å². The lowest BCUT2D eigenvalue weighted by atomic mass is 9.92. The third-order valence-electron chi connectivity index (χ3n) is 5.40. The second-order valence-corrected chi connectivity index (χ2v) is 7.96. The van der Waals surface area contributed by atoms with E-state index >= 15 is 0 Å². The molecule has 2 atom stereocenters. The SMILES string of the molecule is C=C(OC)/C(F)=C(/F)C(=C)C(C)CCC(C)COc1ccc(-c2ccc(O)cc2)c(F)c1F. The summed E-state index contributed by atoms with van der Waals surface area (Å²) in [5.74, 6) is -5.44. The molecule has 0 fully saturated rings. The van der Waals surface area contributed by atoms with Gasteiger partial charge in [0.15, 0.2) is 23.2 Å². The zero-order valence-corrected chi connectivity index (χ0v) is 18.9. The molecule has 0 aliphatic rings. The summed E-state index contributed by atoms with van der Waals surface area (Å²) in [5.41, 5.74) is 0.473. The number of rotatable bonds is 11. The topological polar surface area (TPSA) is 38.7 Å². The Bertz CT molecular complexity index is 1030. The quantitative estimate of drug-likeness (QED) is 0.211. The van der Waals surface area contributed by atoms with Crippen LogP contribution >= 0.6 is 0 Å². The van der Waals surface area contributed by atoms with Gasteiger partial charge in [-0.3, -0.25) is 0 Å². The molecule has 0 aromatic heterocycles. The number of aromatic hydroxyl groups is 1. The van der Waals surface area contributed by atoms with E-state index in [-0.39, 0.29) is 41.1 Å². The summed E-state index contributed by atoms with van der Waals surface area (Å²) in [6, 6.07) is 8.51. The normalized spacial score (nSPS) is 13.7. The summed E-state index contributed by atoms with van der Waals surface area (Å²) in [5, 5.41) is 9.35. The van der Waals surface area contributed by atoms with Crippen LogP contribution < -0.4 is 4.74 Å². The van der Waals surface area contributed by atoms with Crippen molar-refractivity contribution in [2.24, 2.45) is 11.8 Å². The maximum absolute atomic E-state index is 14.5. The summed E-state index contributed by atoms with van der Waals surface area (Å²) in [7, 11) is 1.19. The standard InChI is InChI=1S/C26H28F4O3/c1-15(6-7-16(2)17(3)23(27)24(28)18(4)32-5)14-33-22-13-12-21(25(29)26(22)30)19-8-10-20(31)11-9-19/h8-13,15-16,31H,3-4,6-7,14H2,1-2,5H3/b24-23-. The second kappa shape index (κ2) is 11.6. The van der Waals surface area contributed by atoms with Crippen molar-refractivity contribution in [1.29, 1.82) is 0 Å². The van der Waals surface area contributed by atoms with Gasteiger partial charge in [-0.2, -0.15) is 8.78 Å². The number of halogens is 4. The minimum absolute atomic E-state index is 0.00301. The molecule has 3 nitrogen and oxygen atoms in total. The molecular weight excluding hydrogens is 436 g/mol. The average molecular weight is 464 g/mol. The molecule has 7 heteroatoms. The van der Waals surface area contributed by atoms with Gasteiger partial charge in [0.2, 0.25) is 5.82 Å². The minimum atomic E-state index is -1.18. The van der Waals surface area contributed by atoms with Gasteiger partial charge in [-0.05, 0) is 60.1 Å². The Morgan fingerprint density at radius 2 is 1.58 bits per heavy atom. The van der Waals surface area contributed by atoms with Crippen molar-refractivity contribution in [3.05, 3.63) is 84.2 Å². The highest BCUT2D eigenvalue weighted by atomic mass is 19.2. The summed E-state index contributed by atoms with van der Waals surface area (Å²) in [6.07, 6.45) is 1.05. The van der Waals surface area contributed by atoms with Crippen LogP contribution in [0.15, 0.2) is 72.5 Å². The highest BCUT2D eigenvalue weighted by Crippen LogP contribution is 2.32. The molecule has 2 aromatic carbocycles. The molecule has 0 spiro atoms. The second-order valence-electron chi connectivity index (χ2n) is 7.96. The smallest absolute Gasteiger partial charge is 0.201 e. The van der Waals surface area contributed by atoms with Gasteiger partial charge in [0, 0.05) is 5.56 Å². The van der Waals surface area contributed by atoms with Crippen LogP contribution in [0.4, 0.5) is 17.6 Å². The monoisotopic (exact) mass is 464 g/mol. The largest absolute Gasteiger partial charge is 0.508 e. The lowest BCUT2D eigenvalue weighted by Crippen LogP contribution is -2.12. The third kappa shape index (κ3) is 6.63. The molecule has 1 N–H and O–H groups in total. The predicted molar refractivity (Wildman–Crippen MR) is 121 cm³/mol. The van der Waals surface area contributed by atoms with Crippen LogP contribution in [0.5, 0.6) is 11.5 Å². The molecule has 178 valence electrons. The zero-order valence-electron chi connectivity index (χ0n) is 18.9. The first-order valence-electron chi connectivity index (χ1n) is 10.4. The summed E-state index contributed by atoms with van der Waals surface area (Å²) in [4.78, 5) is 0. The Labute approximate surface area is 191 Å². The van der Waals surface area contributed by atoms with E-state index in [1.165, 1.54) is 43.5 Å². The van der Waals surface area contributed by atoms with Crippen molar-refractivity contribution in [3.8, 4) is 22.6 Å². The van der Waals surface area contributed by atoms with E-state index in [9.17, 15) is 22.7 Å². The van der Waals surface area contributed by atoms with E-state index in [0.29, 0.717) is 18.4 Å². The molecule has 0 radical (unpaired) electrons. The highest BCUT2D eigenvalue weighted by Gasteiger charge is 2.20. The maximum atomic E-state index is 14.5. The minimum Gasteiger partial charge on any atom is -0.508 e. The summed E-state index contributed by atoms with van der Waals surface area (Å²) in [6.45, 7) is 10.6. The van der Waals surface area contributed by atoms with Crippen molar-refractivity contribution in [2.75, 3.05) is 13.7 Å². The number of phenolic OH excluding ortho intramolecular Hbond substituents is 1. The van der Waals surface area contributed by atoms with Crippen LogP contribution in [0, 0.1) is 23.5 Å². The van der Waals surface area contributed by atoms with Gasteiger partial charge in [0.1, 0.15) is 11.5 Å². The number of allylic oxidation sites excluding steroid dienone is 3. The molecule has 0 aliphatic carbocycles. The fourth-order valence-corrected chi connectivity index (χ4v) is 3.10. The Hall–Kier alpha value is -3.22. The number of phenols is 1. The Kier molecular flexibility index (Phi) is 9.14. The van der Waals surface area contributed by atoms with Crippen LogP contribution in [0.2, 0.25) is 0 Å². The van der Waals surface area contributed by atoms with Crippen LogP contribution in [-0.2, 0) is 4.74 Å². The highest BCUT2D eigenvalue weighted by molar-refractivity contribution is 5.66. The van der Waals surface area contributed by atoms with Gasteiger partial charge >= 0.3 is 0 Å². The molecular formula is C26H28F4O3. The number of benzene rings is 2. The Morgan fingerprint density at radius 3 is 2.18 bits per heavy atom. The number of methoxy groups -OCH3 is 1. The van der Waals surface area contributed by atoms with Crippen molar-refractivity contribution < 1.29 is 32.1 Å². The van der Waals surface area contributed by atoms with Crippen molar-refractivity contribution in [1.82, 2.24) is 0 Å². The van der Waals surface area contributed by atoms with Gasteiger partial charge < -0.3 is 14.6 Å². The molecule has 2 unspecified atom stereocenters. The lowest BCUT2D eigenvalue weighted by Gasteiger charge is -2.18. The molecule has 2 aromatic rings.